The van der Waals surface area contributed by atoms with Gasteiger partial charge in [0.05, 0.1) is 26.4 Å². The normalized spacial score (nSPS) is 20.8. The highest BCUT2D eigenvalue weighted by Crippen LogP contribution is 2.32. The van der Waals surface area contributed by atoms with Gasteiger partial charge in [-0.1, -0.05) is 109 Å². The summed E-state index contributed by atoms with van der Waals surface area (Å²) in [4.78, 5) is 0. The molecule has 0 unspecified atom stereocenters. The van der Waals surface area contributed by atoms with Crippen LogP contribution in [0, 0.1) is 0 Å². The second kappa shape index (κ2) is 14.3. The van der Waals surface area contributed by atoms with E-state index in [-0.39, 0.29) is 6.61 Å². The number of rotatable bonds is 12. The Kier molecular flexibility index (Phi) is 10.0. The molecule has 1 fully saturated rings. The van der Waals surface area contributed by atoms with E-state index in [2.05, 4.69) is 6.58 Å². The summed E-state index contributed by atoms with van der Waals surface area (Å²) in [5.74, 6) is 0.616. The molecule has 0 amide bonds. The molecule has 0 aliphatic carbocycles. The Hall–Kier alpha value is -3.45. The van der Waals surface area contributed by atoms with Crippen molar-refractivity contribution in [1.82, 2.24) is 0 Å². The van der Waals surface area contributed by atoms with Crippen LogP contribution in [0.5, 0.6) is 5.75 Å². The molecule has 6 heteroatoms. The van der Waals surface area contributed by atoms with Gasteiger partial charge in [-0.05, 0) is 41.0 Å². The van der Waals surface area contributed by atoms with Gasteiger partial charge in [0, 0.05) is 10.6 Å². The molecule has 0 radical (unpaired) electrons. The molecule has 5 nitrogen and oxygen atoms in total. The van der Waals surface area contributed by atoms with Crippen LogP contribution in [0.4, 0.5) is 0 Å². The fourth-order valence-electron chi connectivity index (χ4n) is 4.53. The second-order valence-corrected chi connectivity index (χ2v) is 10.1. The lowest BCUT2D eigenvalue weighted by Gasteiger charge is -2.42. The minimum Gasteiger partial charge on any atom is -0.461 e. The van der Waals surface area contributed by atoms with Gasteiger partial charge < -0.3 is 23.7 Å². The van der Waals surface area contributed by atoms with Gasteiger partial charge in [0.1, 0.15) is 24.1 Å². The zero-order valence-electron chi connectivity index (χ0n) is 22.2. The van der Waals surface area contributed by atoms with Crippen molar-refractivity contribution in [3.63, 3.8) is 0 Å². The first kappa shape index (κ1) is 28.1. The minimum atomic E-state index is -0.760. The van der Waals surface area contributed by atoms with Gasteiger partial charge in [0.2, 0.25) is 6.29 Å². The van der Waals surface area contributed by atoms with E-state index < -0.39 is 24.6 Å². The Morgan fingerprint density at radius 1 is 0.650 bits per heavy atom. The van der Waals surface area contributed by atoms with Crippen molar-refractivity contribution in [2.24, 2.45) is 0 Å². The van der Waals surface area contributed by atoms with Gasteiger partial charge in [-0.15, -0.1) is 0 Å². The van der Waals surface area contributed by atoms with Gasteiger partial charge in [-0.3, -0.25) is 0 Å². The Morgan fingerprint density at radius 3 is 1.75 bits per heavy atom. The lowest BCUT2D eigenvalue weighted by Crippen LogP contribution is -2.55. The molecular weight excluding hydrogens is 524 g/mol. The van der Waals surface area contributed by atoms with Crippen molar-refractivity contribution >= 4 is 11.6 Å². The van der Waals surface area contributed by atoms with Crippen molar-refractivity contribution in [3.8, 4) is 5.75 Å². The van der Waals surface area contributed by atoms with Crippen LogP contribution in [0.3, 0.4) is 0 Å². The predicted molar refractivity (Wildman–Crippen MR) is 156 cm³/mol. The van der Waals surface area contributed by atoms with E-state index in [1.807, 2.05) is 91.0 Å². The first-order valence-electron chi connectivity index (χ1n) is 13.3. The molecule has 0 aromatic heterocycles. The van der Waals surface area contributed by atoms with Crippen LogP contribution in [0.1, 0.15) is 16.7 Å². The molecule has 1 saturated heterocycles. The largest absolute Gasteiger partial charge is 0.461 e. The van der Waals surface area contributed by atoms with Crippen LogP contribution in [0.15, 0.2) is 127 Å². The van der Waals surface area contributed by atoms with E-state index in [0.29, 0.717) is 36.2 Å². The number of ether oxygens (including phenoxy) is 5. The Bertz CT molecular complexity index is 1320. The Balaban J connectivity index is 1.38. The second-order valence-electron chi connectivity index (χ2n) is 9.63. The highest BCUT2D eigenvalue weighted by Gasteiger charge is 2.44. The van der Waals surface area contributed by atoms with Gasteiger partial charge in [-0.2, -0.15) is 0 Å². The molecule has 0 N–H and O–H groups in total. The maximum atomic E-state index is 6.51. The van der Waals surface area contributed by atoms with E-state index >= 15 is 0 Å². The first-order valence-corrected chi connectivity index (χ1v) is 13.7. The summed E-state index contributed by atoms with van der Waals surface area (Å²) in [6.07, 6.45) is -2.21. The molecule has 0 saturated carbocycles. The molecule has 1 aliphatic heterocycles. The topological polar surface area (TPSA) is 46.2 Å². The molecule has 1 heterocycles. The van der Waals surface area contributed by atoms with Crippen molar-refractivity contribution in [2.45, 2.75) is 44.4 Å². The third kappa shape index (κ3) is 7.81. The van der Waals surface area contributed by atoms with Gasteiger partial charge >= 0.3 is 0 Å². The van der Waals surface area contributed by atoms with Crippen molar-refractivity contribution < 1.29 is 23.7 Å². The Labute approximate surface area is 240 Å². The van der Waals surface area contributed by atoms with E-state index in [1.54, 1.807) is 24.3 Å². The average Bonchev–Trinajstić information content (AvgIpc) is 3.00. The predicted octanol–water partition coefficient (Wildman–Crippen LogP) is 7.39. The van der Waals surface area contributed by atoms with E-state index in [1.165, 1.54) is 0 Å². The van der Waals surface area contributed by atoms with Crippen LogP contribution in [0.25, 0.3) is 0 Å². The molecule has 5 rings (SSSR count). The maximum absolute atomic E-state index is 6.51. The molecule has 40 heavy (non-hydrogen) atoms. The van der Waals surface area contributed by atoms with Gasteiger partial charge in [0.15, 0.2) is 0 Å². The van der Waals surface area contributed by atoms with Crippen molar-refractivity contribution in [1.29, 1.82) is 0 Å². The lowest BCUT2D eigenvalue weighted by atomic mass is 9.96. The number of hydrogen-bond acceptors (Lipinski definition) is 5. The van der Waals surface area contributed by atoms with Crippen LogP contribution in [-0.2, 0) is 38.8 Å². The smallest absolute Gasteiger partial charge is 0.225 e. The molecule has 4 aromatic carbocycles. The van der Waals surface area contributed by atoms with Crippen LogP contribution in [0.2, 0.25) is 5.02 Å². The summed E-state index contributed by atoms with van der Waals surface area (Å²) in [5, 5.41) is 0.626. The average molecular weight is 557 g/mol. The van der Waals surface area contributed by atoms with Crippen LogP contribution < -0.4 is 4.74 Å². The fourth-order valence-corrected chi connectivity index (χ4v) is 4.65. The first-order chi connectivity index (χ1) is 19.7. The highest BCUT2D eigenvalue weighted by molar-refractivity contribution is 6.30. The van der Waals surface area contributed by atoms with E-state index in [4.69, 9.17) is 35.3 Å². The number of benzene rings is 4. The van der Waals surface area contributed by atoms with Gasteiger partial charge in [-0.25, -0.2) is 0 Å². The zero-order chi connectivity index (χ0) is 27.6. The standard InChI is InChI=1S/C34H33ClO5/c1-25-32(37-22-27-13-7-3-8-14-27)33(38-23-28-15-9-4-10-16-28)31(24-36-21-26-11-5-2-6-12-26)40-34(25)39-30-19-17-29(35)18-20-30/h2-20,31-34H,1,21-24H2/t31-,32-,33-,34-/m1/s1. The third-order valence-electron chi connectivity index (χ3n) is 6.64. The molecule has 1 aliphatic rings. The maximum Gasteiger partial charge on any atom is 0.225 e. The lowest BCUT2D eigenvalue weighted by molar-refractivity contribution is -0.228. The summed E-state index contributed by atoms with van der Waals surface area (Å²) in [6, 6.07) is 37.3. The molecule has 0 bridgehead atoms. The summed E-state index contributed by atoms with van der Waals surface area (Å²) in [6.45, 7) is 5.87. The molecule has 206 valence electrons. The number of hydrogen-bond donors (Lipinski definition) is 0. The van der Waals surface area contributed by atoms with Crippen LogP contribution in [-0.4, -0.2) is 31.2 Å². The van der Waals surface area contributed by atoms with Gasteiger partial charge in [0.25, 0.3) is 0 Å². The highest BCUT2D eigenvalue weighted by atomic mass is 35.5. The van der Waals surface area contributed by atoms with E-state index in [9.17, 15) is 0 Å². The molecule has 0 spiro atoms. The zero-order valence-corrected chi connectivity index (χ0v) is 23.0. The Morgan fingerprint density at radius 2 is 1.18 bits per heavy atom. The summed E-state index contributed by atoms with van der Waals surface area (Å²) in [7, 11) is 0. The van der Waals surface area contributed by atoms with Crippen molar-refractivity contribution in [3.05, 3.63) is 149 Å². The summed E-state index contributed by atoms with van der Waals surface area (Å²) < 4.78 is 31.9. The van der Waals surface area contributed by atoms with Crippen molar-refractivity contribution in [2.75, 3.05) is 6.61 Å². The monoisotopic (exact) mass is 556 g/mol. The van der Waals surface area contributed by atoms with Crippen LogP contribution >= 0.6 is 11.6 Å². The molecular formula is C34H33ClO5. The SMILES string of the molecule is C=C1[C@H](Oc2ccc(Cl)cc2)O[C@H](COCc2ccccc2)[C@@H](OCc2ccccc2)[C@@H]1OCc1ccccc1. The fraction of sp³-hybridized carbons (Fsp3) is 0.235. The quantitative estimate of drug-likeness (QED) is 0.170. The molecule has 4 atom stereocenters. The summed E-state index contributed by atoms with van der Waals surface area (Å²) >= 11 is 6.08. The number of halogens is 1. The van der Waals surface area contributed by atoms with E-state index in [0.717, 1.165) is 16.7 Å². The molecule has 4 aromatic rings. The third-order valence-corrected chi connectivity index (χ3v) is 6.89. The summed E-state index contributed by atoms with van der Waals surface area (Å²) in [5.41, 5.74) is 3.83. The minimum absolute atomic E-state index is 0.285.